The van der Waals surface area contributed by atoms with Crippen molar-refractivity contribution < 1.29 is 5.11 Å². The van der Waals surface area contributed by atoms with Crippen molar-refractivity contribution >= 4 is 23.4 Å². The van der Waals surface area contributed by atoms with E-state index in [4.69, 9.17) is 11.6 Å². The number of aliphatic hydroxyl groups excluding tert-OH is 1. The highest BCUT2D eigenvalue weighted by Crippen LogP contribution is 2.19. The average Bonchev–Trinajstić information content (AvgIpc) is 2.15. The van der Waals surface area contributed by atoms with Crippen LogP contribution in [0.1, 0.15) is 18.6 Å². The summed E-state index contributed by atoms with van der Waals surface area (Å²) in [6.45, 7) is 2.08. The van der Waals surface area contributed by atoms with Crippen LogP contribution in [0.4, 0.5) is 0 Å². The second-order valence-corrected chi connectivity index (χ2v) is 4.48. The van der Waals surface area contributed by atoms with Crippen LogP contribution in [0.15, 0.2) is 24.3 Å². The van der Waals surface area contributed by atoms with Crippen LogP contribution in [0, 0.1) is 0 Å². The average molecular weight is 217 g/mol. The Balaban J connectivity index is 2.55. The minimum absolute atomic E-state index is 0.373. The maximum Gasteiger partial charge on any atom is 0.0880 e. The molecule has 1 N–H and O–H groups in total. The van der Waals surface area contributed by atoms with Crippen molar-refractivity contribution in [3.05, 3.63) is 34.9 Å². The lowest BCUT2D eigenvalue weighted by molar-refractivity contribution is 0.204. The van der Waals surface area contributed by atoms with Crippen LogP contribution in [0.3, 0.4) is 0 Å². The van der Waals surface area contributed by atoms with Gasteiger partial charge in [0.2, 0.25) is 0 Å². The molecule has 0 aromatic heterocycles. The highest BCUT2D eigenvalue weighted by Gasteiger charge is 2.05. The fraction of sp³-hybridized carbons (Fsp3) is 0.400. The molecule has 1 nitrogen and oxygen atoms in total. The van der Waals surface area contributed by atoms with Gasteiger partial charge in [-0.2, -0.15) is 11.8 Å². The lowest BCUT2D eigenvalue weighted by atomic mass is 10.1. The first kappa shape index (κ1) is 10.9. The molecule has 13 heavy (non-hydrogen) atoms. The molecule has 1 atom stereocenters. The highest BCUT2D eigenvalue weighted by molar-refractivity contribution is 7.99. The number of hydrogen-bond donors (Lipinski definition) is 1. The fourth-order valence-electron chi connectivity index (χ4n) is 1.01. The minimum Gasteiger partial charge on any atom is -0.388 e. The Morgan fingerprint density at radius 1 is 1.38 bits per heavy atom. The molecule has 0 amide bonds. The molecule has 0 spiro atoms. The van der Waals surface area contributed by atoms with Crippen molar-refractivity contribution in [1.29, 1.82) is 0 Å². The molecule has 3 heteroatoms. The van der Waals surface area contributed by atoms with Crippen LogP contribution < -0.4 is 0 Å². The standard InChI is InChI=1S/C10H13ClOS/c1-2-13-7-10(12)8-3-5-9(11)6-4-8/h3-6,10,12H,2,7H2,1H3. The van der Waals surface area contributed by atoms with Crippen LogP contribution in [0.5, 0.6) is 0 Å². The highest BCUT2D eigenvalue weighted by atomic mass is 35.5. The first-order valence-electron chi connectivity index (χ1n) is 4.25. The maximum atomic E-state index is 9.68. The molecule has 0 aliphatic carbocycles. The Hall–Kier alpha value is -0.180. The molecular weight excluding hydrogens is 204 g/mol. The summed E-state index contributed by atoms with van der Waals surface area (Å²) in [7, 11) is 0. The van der Waals surface area contributed by atoms with Gasteiger partial charge in [-0.05, 0) is 23.4 Å². The summed E-state index contributed by atoms with van der Waals surface area (Å²) in [5, 5.41) is 10.4. The van der Waals surface area contributed by atoms with Crippen molar-refractivity contribution in [2.75, 3.05) is 11.5 Å². The maximum absolute atomic E-state index is 9.68. The molecule has 0 saturated carbocycles. The molecule has 0 aliphatic heterocycles. The molecule has 1 rings (SSSR count). The van der Waals surface area contributed by atoms with E-state index in [1.807, 2.05) is 12.1 Å². The van der Waals surface area contributed by atoms with Crippen molar-refractivity contribution in [3.63, 3.8) is 0 Å². The summed E-state index contributed by atoms with van der Waals surface area (Å²) in [5.74, 6) is 1.78. The zero-order valence-electron chi connectivity index (χ0n) is 7.53. The van der Waals surface area contributed by atoms with Gasteiger partial charge in [0, 0.05) is 10.8 Å². The monoisotopic (exact) mass is 216 g/mol. The number of thioether (sulfide) groups is 1. The number of rotatable bonds is 4. The largest absolute Gasteiger partial charge is 0.388 e. The van der Waals surface area contributed by atoms with Crippen LogP contribution in [-0.4, -0.2) is 16.6 Å². The van der Waals surface area contributed by atoms with Crippen LogP contribution in [0.2, 0.25) is 5.02 Å². The predicted octanol–water partition coefficient (Wildman–Crippen LogP) is 3.13. The predicted molar refractivity (Wildman–Crippen MR) is 59.4 cm³/mol. The Kier molecular flexibility index (Phi) is 4.64. The summed E-state index contributed by atoms with van der Waals surface area (Å²) in [5.41, 5.74) is 0.936. The smallest absolute Gasteiger partial charge is 0.0880 e. The van der Waals surface area contributed by atoms with Gasteiger partial charge >= 0.3 is 0 Å². The van der Waals surface area contributed by atoms with E-state index in [1.54, 1.807) is 23.9 Å². The van der Waals surface area contributed by atoms with E-state index in [2.05, 4.69) is 6.92 Å². The first-order chi connectivity index (χ1) is 6.24. The third-order valence-corrected chi connectivity index (χ3v) is 2.95. The number of benzene rings is 1. The molecule has 0 radical (unpaired) electrons. The zero-order chi connectivity index (χ0) is 9.68. The van der Waals surface area contributed by atoms with Gasteiger partial charge in [-0.15, -0.1) is 0 Å². The number of hydrogen-bond acceptors (Lipinski definition) is 2. The quantitative estimate of drug-likeness (QED) is 0.835. The van der Waals surface area contributed by atoms with E-state index in [9.17, 15) is 5.11 Å². The van der Waals surface area contributed by atoms with Crippen LogP contribution in [0.25, 0.3) is 0 Å². The van der Waals surface area contributed by atoms with Crippen LogP contribution in [-0.2, 0) is 0 Å². The topological polar surface area (TPSA) is 20.2 Å². The molecule has 0 bridgehead atoms. The van der Waals surface area contributed by atoms with Crippen molar-refractivity contribution in [1.82, 2.24) is 0 Å². The first-order valence-corrected chi connectivity index (χ1v) is 5.78. The van der Waals surface area contributed by atoms with Gasteiger partial charge in [0.05, 0.1) is 6.10 Å². The Labute approximate surface area is 88.1 Å². The third kappa shape index (κ3) is 3.59. The van der Waals surface area contributed by atoms with Gasteiger partial charge in [0.1, 0.15) is 0 Å². The molecule has 0 heterocycles. The van der Waals surface area contributed by atoms with Crippen molar-refractivity contribution in [2.45, 2.75) is 13.0 Å². The number of halogens is 1. The second kappa shape index (κ2) is 5.53. The van der Waals surface area contributed by atoms with Crippen molar-refractivity contribution in [2.24, 2.45) is 0 Å². The summed E-state index contributed by atoms with van der Waals surface area (Å²) in [4.78, 5) is 0. The number of aliphatic hydroxyl groups is 1. The molecule has 0 saturated heterocycles. The molecule has 0 fully saturated rings. The van der Waals surface area contributed by atoms with E-state index in [1.165, 1.54) is 0 Å². The van der Waals surface area contributed by atoms with Gasteiger partial charge in [-0.3, -0.25) is 0 Å². The second-order valence-electron chi connectivity index (χ2n) is 2.73. The molecule has 1 unspecified atom stereocenters. The van der Waals surface area contributed by atoms with Gasteiger partial charge in [-0.1, -0.05) is 30.7 Å². The van der Waals surface area contributed by atoms with Gasteiger partial charge in [-0.25, -0.2) is 0 Å². The lowest BCUT2D eigenvalue weighted by Crippen LogP contribution is -2.00. The van der Waals surface area contributed by atoms with E-state index >= 15 is 0 Å². The Morgan fingerprint density at radius 3 is 2.54 bits per heavy atom. The summed E-state index contributed by atoms with van der Waals surface area (Å²) >= 11 is 7.47. The summed E-state index contributed by atoms with van der Waals surface area (Å²) in [6, 6.07) is 7.33. The van der Waals surface area contributed by atoms with Crippen molar-refractivity contribution in [3.8, 4) is 0 Å². The fourth-order valence-corrected chi connectivity index (χ4v) is 1.79. The minimum atomic E-state index is -0.373. The SMILES string of the molecule is CCSCC(O)c1ccc(Cl)cc1. The van der Waals surface area contributed by atoms with E-state index in [-0.39, 0.29) is 6.10 Å². The van der Waals surface area contributed by atoms with Gasteiger partial charge in [0.25, 0.3) is 0 Å². The van der Waals surface area contributed by atoms with E-state index in [0.29, 0.717) is 5.02 Å². The normalized spacial score (nSPS) is 12.8. The van der Waals surface area contributed by atoms with E-state index < -0.39 is 0 Å². The summed E-state index contributed by atoms with van der Waals surface area (Å²) < 4.78 is 0. The Morgan fingerprint density at radius 2 is 2.00 bits per heavy atom. The van der Waals surface area contributed by atoms with Crippen LogP contribution >= 0.6 is 23.4 Å². The van der Waals surface area contributed by atoms with E-state index in [0.717, 1.165) is 17.1 Å². The molecule has 72 valence electrons. The van der Waals surface area contributed by atoms with Gasteiger partial charge < -0.3 is 5.11 Å². The molecular formula is C10H13ClOS. The Bertz CT molecular complexity index is 248. The zero-order valence-corrected chi connectivity index (χ0v) is 9.11. The molecule has 1 aromatic carbocycles. The summed E-state index contributed by atoms with van der Waals surface area (Å²) in [6.07, 6.45) is -0.373. The third-order valence-electron chi connectivity index (χ3n) is 1.73. The molecule has 1 aromatic rings. The molecule has 0 aliphatic rings. The lowest BCUT2D eigenvalue weighted by Gasteiger charge is -2.09. The van der Waals surface area contributed by atoms with Gasteiger partial charge in [0.15, 0.2) is 0 Å².